The van der Waals surface area contributed by atoms with E-state index in [0.29, 0.717) is 38.7 Å². The molecule has 1 aliphatic heterocycles. The summed E-state index contributed by atoms with van der Waals surface area (Å²) >= 11 is 1.36. The molecule has 0 fully saturated rings. The van der Waals surface area contributed by atoms with Crippen molar-refractivity contribution in [1.82, 2.24) is 10.2 Å². The van der Waals surface area contributed by atoms with Gasteiger partial charge in [-0.3, -0.25) is 14.5 Å². The third-order valence-corrected chi connectivity index (χ3v) is 7.75. The van der Waals surface area contributed by atoms with Crippen LogP contribution in [0.3, 0.4) is 0 Å². The third-order valence-electron chi connectivity index (χ3n) is 6.77. The molecule has 0 bridgehead atoms. The van der Waals surface area contributed by atoms with Crippen molar-refractivity contribution in [3.05, 3.63) is 110 Å². The van der Waals surface area contributed by atoms with E-state index in [-0.39, 0.29) is 11.2 Å². The lowest BCUT2D eigenvalue weighted by molar-refractivity contribution is 0.0970. The SMILES string of the molecule is CCCc1nnc(N2C(=O)c3oc4cc(C)c(C)cc4c(=O)c3C2c2cccc(Oc3ccccc3)c2)s1. The highest BCUT2D eigenvalue weighted by Gasteiger charge is 2.45. The molecule has 3 aromatic carbocycles. The van der Waals surface area contributed by atoms with E-state index < -0.39 is 11.9 Å². The Hall–Kier alpha value is -4.30. The van der Waals surface area contributed by atoms with Crippen molar-refractivity contribution in [3.63, 3.8) is 0 Å². The number of hydrogen-bond donors (Lipinski definition) is 0. The summed E-state index contributed by atoms with van der Waals surface area (Å²) in [4.78, 5) is 29.4. The minimum absolute atomic E-state index is 0.0392. The number of anilines is 1. The van der Waals surface area contributed by atoms with Crippen LogP contribution in [0.15, 0.2) is 75.9 Å². The molecule has 1 atom stereocenters. The van der Waals surface area contributed by atoms with Crippen LogP contribution >= 0.6 is 11.3 Å². The number of para-hydroxylation sites is 1. The third kappa shape index (κ3) is 4.07. The average Bonchev–Trinajstić information content (AvgIpc) is 3.48. The Morgan fingerprint density at radius 1 is 0.947 bits per heavy atom. The van der Waals surface area contributed by atoms with Gasteiger partial charge in [0.15, 0.2) is 5.43 Å². The van der Waals surface area contributed by atoms with Gasteiger partial charge in [-0.1, -0.05) is 48.6 Å². The summed E-state index contributed by atoms with van der Waals surface area (Å²) in [5, 5.41) is 10.4. The van der Waals surface area contributed by atoms with Crippen molar-refractivity contribution in [2.24, 2.45) is 0 Å². The summed E-state index contributed by atoms with van der Waals surface area (Å²) in [5.74, 6) is 0.914. The average molecular weight is 524 g/mol. The smallest absolute Gasteiger partial charge is 0.297 e. The van der Waals surface area contributed by atoms with E-state index in [1.165, 1.54) is 16.2 Å². The highest BCUT2D eigenvalue weighted by Crippen LogP contribution is 2.43. The summed E-state index contributed by atoms with van der Waals surface area (Å²) in [6.45, 7) is 5.97. The Bertz CT molecular complexity index is 1740. The first-order valence-corrected chi connectivity index (χ1v) is 13.3. The molecule has 190 valence electrons. The van der Waals surface area contributed by atoms with Crippen LogP contribution in [0, 0.1) is 13.8 Å². The number of rotatable bonds is 6. The van der Waals surface area contributed by atoms with E-state index in [4.69, 9.17) is 9.15 Å². The van der Waals surface area contributed by atoms with E-state index >= 15 is 0 Å². The zero-order valence-electron chi connectivity index (χ0n) is 21.2. The van der Waals surface area contributed by atoms with Gasteiger partial charge in [-0.15, -0.1) is 10.2 Å². The van der Waals surface area contributed by atoms with Crippen LogP contribution in [0.1, 0.15) is 57.2 Å². The summed E-state index contributed by atoms with van der Waals surface area (Å²) in [7, 11) is 0. The maximum absolute atomic E-state index is 14.0. The molecule has 7 nitrogen and oxygen atoms in total. The Kier molecular flexibility index (Phi) is 6.04. The van der Waals surface area contributed by atoms with Gasteiger partial charge in [0.2, 0.25) is 10.9 Å². The number of hydrogen-bond acceptors (Lipinski definition) is 7. The highest BCUT2D eigenvalue weighted by molar-refractivity contribution is 7.15. The predicted octanol–water partition coefficient (Wildman–Crippen LogP) is 6.76. The molecule has 1 amide bonds. The monoisotopic (exact) mass is 523 g/mol. The molecule has 0 aliphatic carbocycles. The van der Waals surface area contributed by atoms with Gasteiger partial charge in [0.1, 0.15) is 22.1 Å². The molecule has 1 unspecified atom stereocenters. The minimum atomic E-state index is -0.735. The van der Waals surface area contributed by atoms with E-state index in [1.807, 2.05) is 80.6 Å². The number of aryl methyl sites for hydroxylation is 3. The van der Waals surface area contributed by atoms with Crippen molar-refractivity contribution < 1.29 is 13.9 Å². The van der Waals surface area contributed by atoms with Gasteiger partial charge < -0.3 is 9.15 Å². The van der Waals surface area contributed by atoms with Crippen molar-refractivity contribution in [2.75, 3.05) is 4.90 Å². The number of fused-ring (bicyclic) bond motifs is 2. The van der Waals surface area contributed by atoms with Gasteiger partial charge in [0.05, 0.1) is 17.0 Å². The lowest BCUT2D eigenvalue weighted by Crippen LogP contribution is -2.29. The topological polar surface area (TPSA) is 85.5 Å². The first kappa shape index (κ1) is 24.1. The molecule has 3 heterocycles. The van der Waals surface area contributed by atoms with E-state index in [1.54, 1.807) is 0 Å². The molecular weight excluding hydrogens is 498 g/mol. The van der Waals surface area contributed by atoms with Crippen molar-refractivity contribution in [1.29, 1.82) is 0 Å². The molecule has 6 rings (SSSR count). The molecule has 5 aromatic rings. The number of benzene rings is 3. The maximum atomic E-state index is 14.0. The molecule has 38 heavy (non-hydrogen) atoms. The number of nitrogens with zero attached hydrogens (tertiary/aromatic N) is 3. The van der Waals surface area contributed by atoms with Crippen molar-refractivity contribution in [3.8, 4) is 11.5 Å². The minimum Gasteiger partial charge on any atom is -0.457 e. The molecule has 0 radical (unpaired) electrons. The normalized spacial score (nSPS) is 14.8. The van der Waals surface area contributed by atoms with E-state index in [9.17, 15) is 9.59 Å². The van der Waals surface area contributed by atoms with Crippen LogP contribution < -0.4 is 15.1 Å². The molecule has 1 aliphatic rings. The summed E-state index contributed by atoms with van der Waals surface area (Å²) in [6, 6.07) is 19.8. The fraction of sp³-hybridized carbons (Fsp3) is 0.200. The van der Waals surface area contributed by atoms with Gasteiger partial charge in [-0.25, -0.2) is 0 Å². The Labute approximate surface area is 223 Å². The van der Waals surface area contributed by atoms with Crippen molar-refractivity contribution in [2.45, 2.75) is 39.7 Å². The molecule has 8 heteroatoms. The quantitative estimate of drug-likeness (QED) is 0.245. The second-order valence-corrected chi connectivity index (χ2v) is 10.4. The van der Waals surface area contributed by atoms with Gasteiger partial charge in [-0.05, 0) is 73.4 Å². The van der Waals surface area contributed by atoms with Crippen LogP contribution in [0.5, 0.6) is 11.5 Å². The number of ether oxygens (including phenoxy) is 1. The van der Waals surface area contributed by atoms with Gasteiger partial charge >= 0.3 is 0 Å². The van der Waals surface area contributed by atoms with E-state index in [0.717, 1.165) is 29.0 Å². The maximum Gasteiger partial charge on any atom is 0.297 e. The van der Waals surface area contributed by atoms with Crippen molar-refractivity contribution >= 4 is 33.3 Å². The van der Waals surface area contributed by atoms with Crippen LogP contribution in [0.25, 0.3) is 11.0 Å². The van der Waals surface area contributed by atoms with Crippen LogP contribution in [-0.2, 0) is 6.42 Å². The summed E-state index contributed by atoms with van der Waals surface area (Å²) in [5.41, 5.74) is 3.16. The highest BCUT2D eigenvalue weighted by atomic mass is 32.1. The van der Waals surface area contributed by atoms with Gasteiger partial charge in [0.25, 0.3) is 5.91 Å². The number of carbonyl (C=O) groups excluding carboxylic acids is 1. The summed E-state index contributed by atoms with van der Waals surface area (Å²) in [6.07, 6.45) is 1.67. The fourth-order valence-corrected chi connectivity index (χ4v) is 5.74. The molecule has 0 saturated carbocycles. The van der Waals surface area contributed by atoms with Crippen LogP contribution in [-0.4, -0.2) is 16.1 Å². The van der Waals surface area contributed by atoms with Gasteiger partial charge in [-0.2, -0.15) is 0 Å². The fourth-order valence-electron chi connectivity index (χ4n) is 4.77. The first-order valence-electron chi connectivity index (χ1n) is 12.5. The van der Waals surface area contributed by atoms with Crippen LogP contribution in [0.4, 0.5) is 5.13 Å². The number of aromatic nitrogens is 2. The lowest BCUT2D eigenvalue weighted by Gasteiger charge is -2.22. The number of amides is 1. The molecule has 0 spiro atoms. The Morgan fingerprint density at radius 2 is 1.71 bits per heavy atom. The second kappa shape index (κ2) is 9.54. The van der Waals surface area contributed by atoms with Crippen LogP contribution in [0.2, 0.25) is 0 Å². The van der Waals surface area contributed by atoms with Gasteiger partial charge in [0, 0.05) is 6.42 Å². The molecular formula is C30H25N3O4S. The lowest BCUT2D eigenvalue weighted by atomic mass is 9.97. The molecule has 0 N–H and O–H groups in total. The standard InChI is InChI=1S/C30H25N3O4S/c1-4-9-24-31-32-30(38-24)33-26(19-10-8-13-21(16-19)36-20-11-6-5-7-12-20)25-27(34)22-14-17(2)18(3)15-23(22)37-28(25)29(33)35/h5-8,10-16,26H,4,9H2,1-3H3. The first-order chi connectivity index (χ1) is 18.4. The second-order valence-electron chi connectivity index (χ2n) is 9.40. The predicted molar refractivity (Wildman–Crippen MR) is 147 cm³/mol. The number of carbonyl (C=O) groups is 1. The molecule has 2 aromatic heterocycles. The largest absolute Gasteiger partial charge is 0.457 e. The zero-order chi connectivity index (χ0) is 26.4. The zero-order valence-corrected chi connectivity index (χ0v) is 22.0. The molecule has 0 saturated heterocycles. The Balaban J connectivity index is 1.54. The summed E-state index contributed by atoms with van der Waals surface area (Å²) < 4.78 is 12.2. The Morgan fingerprint density at radius 3 is 2.50 bits per heavy atom. The van der Waals surface area contributed by atoms with E-state index in [2.05, 4.69) is 17.1 Å².